The monoisotopic (exact) mass is 237 g/mol. The molecule has 5 heteroatoms. The van der Waals surface area contributed by atoms with Crippen LogP contribution in [0.15, 0.2) is 12.4 Å². The Kier molecular flexibility index (Phi) is 3.29. The summed E-state index contributed by atoms with van der Waals surface area (Å²) >= 11 is 0. The van der Waals surface area contributed by atoms with Crippen molar-refractivity contribution in [1.29, 1.82) is 0 Å². The largest absolute Gasteiger partial charge is 0.378 e. The molecule has 17 heavy (non-hydrogen) atoms. The van der Waals surface area contributed by atoms with Crippen molar-refractivity contribution in [2.75, 3.05) is 37.8 Å². The van der Waals surface area contributed by atoms with Crippen molar-refractivity contribution in [1.82, 2.24) is 9.78 Å². The number of morpholine rings is 1. The van der Waals surface area contributed by atoms with Crippen LogP contribution in [0.2, 0.25) is 0 Å². The smallest absolute Gasteiger partial charge is 0.150 e. The maximum absolute atomic E-state index is 5.72. The van der Waals surface area contributed by atoms with Gasteiger partial charge in [-0.15, -0.1) is 0 Å². The highest BCUT2D eigenvalue weighted by molar-refractivity contribution is 5.42. The van der Waals surface area contributed by atoms with Gasteiger partial charge in [-0.3, -0.25) is 0 Å². The van der Waals surface area contributed by atoms with Gasteiger partial charge in [-0.05, 0) is 19.3 Å². The SMILES string of the molecule is c1nn(C2CCCCO2)cc1N1CCOCC1. The maximum Gasteiger partial charge on any atom is 0.150 e. The highest BCUT2D eigenvalue weighted by atomic mass is 16.5. The van der Waals surface area contributed by atoms with E-state index in [2.05, 4.69) is 16.2 Å². The number of nitrogens with zero attached hydrogens (tertiary/aromatic N) is 3. The predicted molar refractivity (Wildman–Crippen MR) is 64.1 cm³/mol. The zero-order valence-corrected chi connectivity index (χ0v) is 10.0. The Hall–Kier alpha value is -1.07. The van der Waals surface area contributed by atoms with Gasteiger partial charge < -0.3 is 14.4 Å². The van der Waals surface area contributed by atoms with Gasteiger partial charge in [0, 0.05) is 19.7 Å². The number of hydrogen-bond acceptors (Lipinski definition) is 4. The van der Waals surface area contributed by atoms with Crippen LogP contribution in [0, 0.1) is 0 Å². The second kappa shape index (κ2) is 5.06. The number of hydrogen-bond donors (Lipinski definition) is 0. The summed E-state index contributed by atoms with van der Waals surface area (Å²) in [6, 6.07) is 0. The van der Waals surface area contributed by atoms with E-state index in [1.165, 1.54) is 18.5 Å². The highest BCUT2D eigenvalue weighted by Crippen LogP contribution is 2.24. The molecule has 5 nitrogen and oxygen atoms in total. The molecule has 0 N–H and O–H groups in total. The van der Waals surface area contributed by atoms with Crippen molar-refractivity contribution < 1.29 is 9.47 Å². The molecule has 2 aliphatic heterocycles. The fourth-order valence-corrected chi connectivity index (χ4v) is 2.40. The molecule has 3 rings (SSSR count). The minimum Gasteiger partial charge on any atom is -0.378 e. The molecular formula is C12H19N3O2. The maximum atomic E-state index is 5.72. The van der Waals surface area contributed by atoms with Crippen molar-refractivity contribution in [3.8, 4) is 0 Å². The molecule has 0 radical (unpaired) electrons. The molecule has 0 saturated carbocycles. The third-order valence-corrected chi connectivity index (χ3v) is 3.41. The van der Waals surface area contributed by atoms with Gasteiger partial charge in [0.25, 0.3) is 0 Å². The molecule has 94 valence electrons. The first kappa shape index (κ1) is 11.0. The standard InChI is InChI=1S/C12H19N3O2/c1-2-6-17-12(3-1)15-10-11(9-13-15)14-4-7-16-8-5-14/h9-10,12H,1-8H2. The molecule has 1 atom stereocenters. The Morgan fingerprint density at radius 2 is 2.06 bits per heavy atom. The lowest BCUT2D eigenvalue weighted by Gasteiger charge is -2.27. The van der Waals surface area contributed by atoms with Crippen molar-refractivity contribution in [3.05, 3.63) is 12.4 Å². The van der Waals surface area contributed by atoms with E-state index in [4.69, 9.17) is 9.47 Å². The Balaban J connectivity index is 1.68. The molecule has 2 saturated heterocycles. The van der Waals surface area contributed by atoms with Crippen molar-refractivity contribution in [2.24, 2.45) is 0 Å². The molecule has 2 aliphatic rings. The van der Waals surface area contributed by atoms with Crippen LogP contribution in [0.1, 0.15) is 25.5 Å². The average molecular weight is 237 g/mol. The fourth-order valence-electron chi connectivity index (χ4n) is 2.40. The number of ether oxygens (including phenoxy) is 2. The van der Waals surface area contributed by atoms with Gasteiger partial charge in [-0.25, -0.2) is 4.68 Å². The van der Waals surface area contributed by atoms with Gasteiger partial charge in [-0.1, -0.05) is 0 Å². The van der Waals surface area contributed by atoms with Crippen molar-refractivity contribution in [2.45, 2.75) is 25.5 Å². The Labute approximate surface area is 101 Å². The van der Waals surface area contributed by atoms with E-state index in [-0.39, 0.29) is 6.23 Å². The van der Waals surface area contributed by atoms with Gasteiger partial charge in [0.15, 0.2) is 0 Å². The molecule has 3 heterocycles. The summed E-state index contributed by atoms with van der Waals surface area (Å²) in [5.74, 6) is 0. The average Bonchev–Trinajstić information content (AvgIpc) is 2.90. The summed E-state index contributed by atoms with van der Waals surface area (Å²) in [4.78, 5) is 2.32. The lowest BCUT2D eigenvalue weighted by molar-refractivity contribution is -0.0394. The summed E-state index contributed by atoms with van der Waals surface area (Å²) in [5.41, 5.74) is 1.18. The van der Waals surface area contributed by atoms with Crippen LogP contribution in [0.5, 0.6) is 0 Å². The number of aromatic nitrogens is 2. The van der Waals surface area contributed by atoms with Crippen LogP contribution < -0.4 is 4.90 Å². The molecule has 0 aliphatic carbocycles. The van der Waals surface area contributed by atoms with E-state index >= 15 is 0 Å². The topological polar surface area (TPSA) is 39.5 Å². The second-order valence-electron chi connectivity index (χ2n) is 4.60. The van der Waals surface area contributed by atoms with Crippen LogP contribution in [0.4, 0.5) is 5.69 Å². The lowest BCUT2D eigenvalue weighted by atomic mass is 10.2. The van der Waals surface area contributed by atoms with Crippen LogP contribution in [0.3, 0.4) is 0 Å². The van der Waals surface area contributed by atoms with E-state index < -0.39 is 0 Å². The number of rotatable bonds is 2. The summed E-state index contributed by atoms with van der Waals surface area (Å²) in [5, 5.41) is 4.42. The second-order valence-corrected chi connectivity index (χ2v) is 4.60. The quantitative estimate of drug-likeness (QED) is 0.780. The summed E-state index contributed by atoms with van der Waals surface area (Å²) in [6.45, 7) is 4.39. The number of anilines is 1. The first-order chi connectivity index (χ1) is 8.43. The normalized spacial score (nSPS) is 26.1. The summed E-state index contributed by atoms with van der Waals surface area (Å²) in [6.07, 6.45) is 7.65. The van der Waals surface area contributed by atoms with Crippen LogP contribution in [-0.2, 0) is 9.47 Å². The Morgan fingerprint density at radius 1 is 1.18 bits per heavy atom. The van der Waals surface area contributed by atoms with Gasteiger partial charge in [0.1, 0.15) is 6.23 Å². The van der Waals surface area contributed by atoms with E-state index in [1.807, 2.05) is 10.9 Å². The molecular weight excluding hydrogens is 218 g/mol. The first-order valence-corrected chi connectivity index (χ1v) is 6.42. The third-order valence-electron chi connectivity index (χ3n) is 3.41. The lowest BCUT2D eigenvalue weighted by Crippen LogP contribution is -2.36. The zero-order chi connectivity index (χ0) is 11.5. The third kappa shape index (κ3) is 2.45. The van der Waals surface area contributed by atoms with Gasteiger partial charge in [0.05, 0.1) is 31.3 Å². The van der Waals surface area contributed by atoms with Crippen LogP contribution in [0.25, 0.3) is 0 Å². The Morgan fingerprint density at radius 3 is 2.82 bits per heavy atom. The molecule has 1 unspecified atom stereocenters. The van der Waals surface area contributed by atoms with E-state index in [9.17, 15) is 0 Å². The molecule has 2 fully saturated rings. The minimum absolute atomic E-state index is 0.138. The summed E-state index contributed by atoms with van der Waals surface area (Å²) < 4.78 is 13.0. The molecule has 0 amide bonds. The summed E-state index contributed by atoms with van der Waals surface area (Å²) in [7, 11) is 0. The molecule has 1 aromatic rings. The van der Waals surface area contributed by atoms with E-state index in [0.29, 0.717) is 0 Å². The molecule has 1 aromatic heterocycles. The van der Waals surface area contributed by atoms with Gasteiger partial charge >= 0.3 is 0 Å². The van der Waals surface area contributed by atoms with Crippen LogP contribution in [-0.4, -0.2) is 42.7 Å². The molecule has 0 spiro atoms. The van der Waals surface area contributed by atoms with Crippen molar-refractivity contribution in [3.63, 3.8) is 0 Å². The van der Waals surface area contributed by atoms with Gasteiger partial charge in [-0.2, -0.15) is 5.10 Å². The first-order valence-electron chi connectivity index (χ1n) is 6.42. The fraction of sp³-hybridized carbons (Fsp3) is 0.750. The highest BCUT2D eigenvalue weighted by Gasteiger charge is 2.18. The van der Waals surface area contributed by atoms with Crippen LogP contribution >= 0.6 is 0 Å². The zero-order valence-electron chi connectivity index (χ0n) is 10.0. The molecule has 0 aromatic carbocycles. The molecule has 0 bridgehead atoms. The predicted octanol–water partition coefficient (Wildman–Crippen LogP) is 1.42. The van der Waals surface area contributed by atoms with Gasteiger partial charge in [0.2, 0.25) is 0 Å². The van der Waals surface area contributed by atoms with E-state index in [1.54, 1.807) is 0 Å². The van der Waals surface area contributed by atoms with E-state index in [0.717, 1.165) is 39.3 Å². The minimum atomic E-state index is 0.138. The Bertz CT molecular complexity index is 322. The van der Waals surface area contributed by atoms with Crippen molar-refractivity contribution >= 4 is 5.69 Å².